The summed E-state index contributed by atoms with van der Waals surface area (Å²) >= 11 is 1.61. The number of carbonyl (C=O) groups excluding carboxylic acids is 2. The van der Waals surface area contributed by atoms with Gasteiger partial charge in [0.15, 0.2) is 0 Å². The first-order valence-corrected chi connectivity index (χ1v) is 8.04. The first kappa shape index (κ1) is 16.2. The van der Waals surface area contributed by atoms with Crippen LogP contribution in [0.1, 0.15) is 19.0 Å². The van der Waals surface area contributed by atoms with Gasteiger partial charge in [0.1, 0.15) is 5.01 Å². The summed E-state index contributed by atoms with van der Waals surface area (Å²) in [4.78, 5) is 26.8. The summed E-state index contributed by atoms with van der Waals surface area (Å²) in [5, 5.41) is 8.44. The minimum atomic E-state index is -0.122. The largest absolute Gasteiger partial charge is 0.356 e. The van der Waals surface area contributed by atoms with E-state index in [0.717, 1.165) is 16.3 Å². The van der Waals surface area contributed by atoms with Crippen LogP contribution in [0.5, 0.6) is 0 Å². The monoisotopic (exact) mass is 317 g/mol. The predicted octanol–water partition coefficient (Wildman–Crippen LogP) is 2.00. The Morgan fingerprint density at radius 1 is 1.14 bits per heavy atom. The van der Waals surface area contributed by atoms with Crippen molar-refractivity contribution in [3.8, 4) is 10.6 Å². The number of carbonyl (C=O) groups is 2. The van der Waals surface area contributed by atoms with Gasteiger partial charge in [0.25, 0.3) is 0 Å². The fourth-order valence-corrected chi connectivity index (χ4v) is 2.77. The topological polar surface area (TPSA) is 71.1 Å². The van der Waals surface area contributed by atoms with Gasteiger partial charge < -0.3 is 10.6 Å². The molecule has 2 amide bonds. The molecule has 0 aliphatic carbocycles. The highest BCUT2D eigenvalue weighted by Gasteiger charge is 2.05. The van der Waals surface area contributed by atoms with Gasteiger partial charge in [-0.2, -0.15) is 0 Å². The molecule has 0 unspecified atom stereocenters. The van der Waals surface area contributed by atoms with Gasteiger partial charge in [0.2, 0.25) is 11.8 Å². The quantitative estimate of drug-likeness (QED) is 0.820. The first-order chi connectivity index (χ1) is 10.6. The second kappa shape index (κ2) is 8.29. The fraction of sp³-hybridized carbons (Fsp3) is 0.312. The minimum absolute atomic E-state index is 0.0627. The number of thiazole rings is 1. The van der Waals surface area contributed by atoms with Crippen LogP contribution in [0.25, 0.3) is 10.6 Å². The zero-order valence-corrected chi connectivity index (χ0v) is 13.3. The predicted molar refractivity (Wildman–Crippen MR) is 87.6 cm³/mol. The molecule has 0 aliphatic rings. The summed E-state index contributed by atoms with van der Waals surface area (Å²) in [5.74, 6) is -0.184. The number of aromatic nitrogens is 1. The van der Waals surface area contributed by atoms with E-state index in [0.29, 0.717) is 25.9 Å². The average Bonchev–Trinajstić information content (AvgIpc) is 2.97. The molecule has 0 radical (unpaired) electrons. The highest BCUT2D eigenvalue weighted by atomic mass is 32.1. The summed E-state index contributed by atoms with van der Waals surface area (Å²) in [6, 6.07) is 10.0. The van der Waals surface area contributed by atoms with Crippen LogP contribution < -0.4 is 10.6 Å². The number of hydrogen-bond donors (Lipinski definition) is 2. The molecule has 2 N–H and O–H groups in total. The molecule has 116 valence electrons. The molecule has 0 fully saturated rings. The summed E-state index contributed by atoms with van der Waals surface area (Å²) in [6.07, 6.45) is 1.00. The van der Waals surface area contributed by atoms with Crippen molar-refractivity contribution in [3.05, 3.63) is 41.4 Å². The SMILES string of the molecule is CC(=O)NCCC(=O)NCCc1csc(-c2ccccc2)n1. The molecule has 5 nitrogen and oxygen atoms in total. The minimum Gasteiger partial charge on any atom is -0.356 e. The van der Waals surface area contributed by atoms with E-state index in [1.54, 1.807) is 11.3 Å². The van der Waals surface area contributed by atoms with Gasteiger partial charge in [-0.05, 0) is 0 Å². The maximum Gasteiger partial charge on any atom is 0.221 e. The molecule has 2 aromatic rings. The second-order valence-electron chi connectivity index (χ2n) is 4.84. The lowest BCUT2D eigenvalue weighted by Crippen LogP contribution is -2.30. The van der Waals surface area contributed by atoms with E-state index in [1.807, 2.05) is 35.7 Å². The van der Waals surface area contributed by atoms with E-state index in [1.165, 1.54) is 6.92 Å². The van der Waals surface area contributed by atoms with Gasteiger partial charge in [0, 0.05) is 43.8 Å². The van der Waals surface area contributed by atoms with Crippen molar-refractivity contribution in [2.45, 2.75) is 19.8 Å². The van der Waals surface area contributed by atoms with Crippen LogP contribution in [-0.2, 0) is 16.0 Å². The van der Waals surface area contributed by atoms with Crippen molar-refractivity contribution in [2.75, 3.05) is 13.1 Å². The smallest absolute Gasteiger partial charge is 0.221 e. The number of nitrogens with zero attached hydrogens (tertiary/aromatic N) is 1. The molecule has 0 spiro atoms. The van der Waals surface area contributed by atoms with Crippen molar-refractivity contribution < 1.29 is 9.59 Å². The maximum atomic E-state index is 11.6. The molecule has 1 heterocycles. The highest BCUT2D eigenvalue weighted by Crippen LogP contribution is 2.23. The van der Waals surface area contributed by atoms with Crippen molar-refractivity contribution in [3.63, 3.8) is 0 Å². The van der Waals surface area contributed by atoms with E-state index >= 15 is 0 Å². The molecule has 22 heavy (non-hydrogen) atoms. The molecule has 6 heteroatoms. The van der Waals surface area contributed by atoms with E-state index < -0.39 is 0 Å². The number of hydrogen-bond acceptors (Lipinski definition) is 4. The van der Waals surface area contributed by atoms with Gasteiger partial charge in [-0.15, -0.1) is 11.3 Å². The Morgan fingerprint density at radius 2 is 1.91 bits per heavy atom. The molecular weight excluding hydrogens is 298 g/mol. The Hall–Kier alpha value is -2.21. The lowest BCUT2D eigenvalue weighted by molar-refractivity contribution is -0.121. The number of rotatable bonds is 7. The summed E-state index contributed by atoms with van der Waals surface area (Å²) in [5.41, 5.74) is 2.09. The molecule has 0 saturated carbocycles. The van der Waals surface area contributed by atoms with E-state index in [-0.39, 0.29) is 11.8 Å². The van der Waals surface area contributed by atoms with Gasteiger partial charge in [-0.3, -0.25) is 9.59 Å². The second-order valence-corrected chi connectivity index (χ2v) is 5.70. The third-order valence-electron chi connectivity index (χ3n) is 3.00. The van der Waals surface area contributed by atoms with Crippen LogP contribution in [0, 0.1) is 0 Å². The Morgan fingerprint density at radius 3 is 2.64 bits per heavy atom. The molecular formula is C16H19N3O2S. The van der Waals surface area contributed by atoms with Crippen LogP contribution in [0.4, 0.5) is 0 Å². The van der Waals surface area contributed by atoms with Crippen molar-refractivity contribution in [1.82, 2.24) is 15.6 Å². The lowest BCUT2D eigenvalue weighted by Gasteiger charge is -2.04. The van der Waals surface area contributed by atoms with Gasteiger partial charge in [-0.25, -0.2) is 4.98 Å². The Kier molecular flexibility index (Phi) is 6.09. The standard InChI is InChI=1S/C16H19N3O2S/c1-12(20)17-10-8-15(21)18-9-7-14-11-22-16(19-14)13-5-3-2-4-6-13/h2-6,11H,7-10H2,1H3,(H,17,20)(H,18,21). The summed E-state index contributed by atoms with van der Waals surface area (Å²) in [7, 11) is 0. The summed E-state index contributed by atoms with van der Waals surface area (Å²) in [6.45, 7) is 2.36. The van der Waals surface area contributed by atoms with Crippen molar-refractivity contribution >= 4 is 23.2 Å². The molecule has 2 rings (SSSR count). The molecule has 1 aromatic carbocycles. The number of amides is 2. The van der Waals surface area contributed by atoms with Gasteiger partial charge >= 0.3 is 0 Å². The summed E-state index contributed by atoms with van der Waals surface area (Å²) < 4.78 is 0. The molecule has 0 saturated heterocycles. The average molecular weight is 317 g/mol. The molecule has 0 bridgehead atoms. The van der Waals surface area contributed by atoms with Crippen molar-refractivity contribution in [1.29, 1.82) is 0 Å². The van der Waals surface area contributed by atoms with Crippen LogP contribution in [0.15, 0.2) is 35.7 Å². The molecule has 0 atom stereocenters. The molecule has 1 aromatic heterocycles. The highest BCUT2D eigenvalue weighted by molar-refractivity contribution is 7.13. The Bertz CT molecular complexity index is 625. The van der Waals surface area contributed by atoms with E-state index in [2.05, 4.69) is 15.6 Å². The Balaban J connectivity index is 1.73. The van der Waals surface area contributed by atoms with Crippen LogP contribution in [0.3, 0.4) is 0 Å². The van der Waals surface area contributed by atoms with Gasteiger partial charge in [-0.1, -0.05) is 30.3 Å². The van der Waals surface area contributed by atoms with Crippen LogP contribution in [0.2, 0.25) is 0 Å². The molecule has 0 aliphatic heterocycles. The van der Waals surface area contributed by atoms with Crippen LogP contribution >= 0.6 is 11.3 Å². The van der Waals surface area contributed by atoms with Crippen LogP contribution in [-0.4, -0.2) is 29.9 Å². The third-order valence-corrected chi connectivity index (χ3v) is 3.94. The van der Waals surface area contributed by atoms with E-state index in [9.17, 15) is 9.59 Å². The zero-order valence-electron chi connectivity index (χ0n) is 12.5. The van der Waals surface area contributed by atoms with Gasteiger partial charge in [0.05, 0.1) is 5.69 Å². The first-order valence-electron chi connectivity index (χ1n) is 7.16. The number of benzene rings is 1. The zero-order chi connectivity index (χ0) is 15.8. The third kappa shape index (κ3) is 5.29. The van der Waals surface area contributed by atoms with E-state index in [4.69, 9.17) is 0 Å². The fourth-order valence-electron chi connectivity index (χ4n) is 1.91. The maximum absolute atomic E-state index is 11.6. The normalized spacial score (nSPS) is 10.2. The number of nitrogens with one attached hydrogen (secondary N) is 2. The van der Waals surface area contributed by atoms with Crippen molar-refractivity contribution in [2.24, 2.45) is 0 Å². The lowest BCUT2D eigenvalue weighted by atomic mass is 10.2. The Labute approximate surface area is 133 Å².